The first-order chi connectivity index (χ1) is 19.4. The molecule has 1 saturated carbocycles. The molecular weight excluding hydrogens is 510 g/mol. The second-order valence-electron chi connectivity index (χ2n) is 10.8. The Bertz CT molecular complexity index is 1430. The Kier molecular flexibility index (Phi) is 6.91. The molecule has 10 nitrogen and oxygen atoms in total. The zero-order chi connectivity index (χ0) is 27.7. The minimum atomic E-state index is -1.10. The van der Waals surface area contributed by atoms with E-state index in [9.17, 15) is 19.2 Å². The summed E-state index contributed by atoms with van der Waals surface area (Å²) < 4.78 is 5.74. The lowest BCUT2D eigenvalue weighted by Gasteiger charge is -2.39. The summed E-state index contributed by atoms with van der Waals surface area (Å²) in [5.41, 5.74) is 1.10. The highest BCUT2D eigenvalue weighted by Crippen LogP contribution is 2.33. The van der Waals surface area contributed by atoms with Crippen LogP contribution in [0.1, 0.15) is 49.1 Å². The van der Waals surface area contributed by atoms with Crippen LogP contribution >= 0.6 is 0 Å². The van der Waals surface area contributed by atoms with Crippen molar-refractivity contribution in [3.05, 3.63) is 60.4 Å². The number of urea groups is 1. The number of amides is 4. The summed E-state index contributed by atoms with van der Waals surface area (Å²) in [5, 5.41) is 9.60. The summed E-state index contributed by atoms with van der Waals surface area (Å²) in [4.78, 5) is 56.2. The van der Waals surface area contributed by atoms with E-state index in [4.69, 9.17) is 4.42 Å². The highest BCUT2D eigenvalue weighted by atomic mass is 16.3. The monoisotopic (exact) mass is 543 g/mol. The van der Waals surface area contributed by atoms with Crippen LogP contribution < -0.4 is 25.8 Å². The first-order valence-electron chi connectivity index (χ1n) is 14.0. The van der Waals surface area contributed by atoms with E-state index in [0.717, 1.165) is 36.0 Å². The Morgan fingerprint density at radius 2 is 1.70 bits per heavy atom. The van der Waals surface area contributed by atoms with Crippen molar-refractivity contribution in [1.29, 1.82) is 0 Å². The summed E-state index contributed by atoms with van der Waals surface area (Å²) in [7, 11) is 0. The second-order valence-corrected chi connectivity index (χ2v) is 10.8. The number of nitrogens with one attached hydrogen (secondary N) is 3. The van der Waals surface area contributed by atoms with Crippen molar-refractivity contribution < 1.29 is 23.6 Å². The number of para-hydroxylation sites is 3. The molecule has 1 aliphatic carbocycles. The van der Waals surface area contributed by atoms with E-state index in [-0.39, 0.29) is 30.0 Å². The van der Waals surface area contributed by atoms with Crippen molar-refractivity contribution >= 4 is 46.0 Å². The molecule has 2 aliphatic heterocycles. The molecule has 3 fully saturated rings. The maximum absolute atomic E-state index is 13.7. The molecule has 10 heteroatoms. The van der Waals surface area contributed by atoms with Crippen molar-refractivity contribution in [3.8, 4) is 0 Å². The van der Waals surface area contributed by atoms with E-state index >= 15 is 0 Å². The minimum Gasteiger partial charge on any atom is -0.451 e. The Labute approximate surface area is 232 Å². The maximum Gasteiger partial charge on any atom is 0.322 e. The lowest BCUT2D eigenvalue weighted by Crippen LogP contribution is -2.63. The lowest BCUT2D eigenvalue weighted by atomic mass is 9.80. The Morgan fingerprint density at radius 1 is 0.950 bits per heavy atom. The van der Waals surface area contributed by atoms with Gasteiger partial charge >= 0.3 is 6.03 Å². The van der Waals surface area contributed by atoms with Crippen LogP contribution in [0.5, 0.6) is 0 Å². The number of furan rings is 1. The van der Waals surface area contributed by atoms with Crippen LogP contribution in [-0.4, -0.2) is 61.4 Å². The van der Waals surface area contributed by atoms with E-state index in [1.54, 1.807) is 17.0 Å². The van der Waals surface area contributed by atoms with Gasteiger partial charge in [-0.2, -0.15) is 0 Å². The molecule has 0 bridgehead atoms. The third-order valence-corrected chi connectivity index (χ3v) is 8.24. The molecule has 6 rings (SSSR count). The number of fused-ring (bicyclic) bond motifs is 1. The molecule has 2 aromatic carbocycles. The number of anilines is 2. The van der Waals surface area contributed by atoms with Crippen LogP contribution in [0.3, 0.4) is 0 Å². The fourth-order valence-corrected chi connectivity index (χ4v) is 6.08. The predicted molar refractivity (Wildman–Crippen MR) is 150 cm³/mol. The number of nitrogens with zero attached hydrogens (tertiary/aromatic N) is 2. The largest absolute Gasteiger partial charge is 0.451 e. The second kappa shape index (κ2) is 10.7. The van der Waals surface area contributed by atoms with Crippen molar-refractivity contribution in [1.82, 2.24) is 16.0 Å². The number of hydrogen-bond acceptors (Lipinski definition) is 6. The number of hydrogen-bond donors (Lipinski definition) is 3. The molecule has 1 atom stereocenters. The van der Waals surface area contributed by atoms with Gasteiger partial charge in [0, 0.05) is 25.0 Å². The molecule has 0 spiro atoms. The normalized spacial score (nSPS) is 20.9. The van der Waals surface area contributed by atoms with Crippen LogP contribution in [0.2, 0.25) is 0 Å². The average Bonchev–Trinajstić information content (AvgIpc) is 3.61. The van der Waals surface area contributed by atoms with Crippen LogP contribution in [-0.2, 0) is 9.59 Å². The van der Waals surface area contributed by atoms with Gasteiger partial charge < -0.3 is 25.3 Å². The molecule has 40 heavy (non-hydrogen) atoms. The third kappa shape index (κ3) is 4.89. The first-order valence-corrected chi connectivity index (χ1v) is 14.0. The highest BCUT2D eigenvalue weighted by Gasteiger charge is 2.43. The summed E-state index contributed by atoms with van der Waals surface area (Å²) in [6.45, 7) is 1.81. The summed E-state index contributed by atoms with van der Waals surface area (Å²) in [6.07, 6.45) is 4.04. The average molecular weight is 544 g/mol. The molecule has 3 heterocycles. The topological polar surface area (TPSA) is 124 Å². The summed E-state index contributed by atoms with van der Waals surface area (Å²) in [6, 6.07) is 15.8. The number of Topliss-reactive ketones (excluding diaryl/α,β-unsaturated/α-hetero) is 1. The van der Waals surface area contributed by atoms with Crippen LogP contribution in [0.4, 0.5) is 16.2 Å². The van der Waals surface area contributed by atoms with Gasteiger partial charge in [-0.05, 0) is 43.5 Å². The van der Waals surface area contributed by atoms with Gasteiger partial charge in [0.1, 0.15) is 11.1 Å². The number of benzene rings is 2. The van der Waals surface area contributed by atoms with Crippen molar-refractivity contribution in [3.63, 3.8) is 0 Å². The fraction of sp³-hybridized carbons (Fsp3) is 0.400. The Hall–Kier alpha value is -4.34. The zero-order valence-corrected chi connectivity index (χ0v) is 22.3. The lowest BCUT2D eigenvalue weighted by molar-refractivity contribution is -0.133. The van der Waals surface area contributed by atoms with E-state index in [1.165, 1.54) is 0 Å². The molecule has 2 saturated heterocycles. The van der Waals surface area contributed by atoms with Gasteiger partial charge in [-0.3, -0.25) is 19.3 Å². The number of carbonyl (C=O) groups excluding carboxylic acids is 4. The quantitative estimate of drug-likeness (QED) is 0.438. The zero-order valence-electron chi connectivity index (χ0n) is 22.3. The molecule has 208 valence electrons. The SMILES string of the molecule is O=C(NC1(C(=O)NC2CCN(c3ccccc3N3CCNC3=O)CC2=O)CCCCC1)c1cc2ccccc2o1. The Balaban J connectivity index is 1.15. The molecule has 3 N–H and O–H groups in total. The van der Waals surface area contributed by atoms with Crippen LogP contribution in [0, 0.1) is 0 Å². The molecule has 4 amide bonds. The molecular formula is C30H33N5O5. The van der Waals surface area contributed by atoms with E-state index in [0.29, 0.717) is 44.5 Å². The Morgan fingerprint density at radius 3 is 2.42 bits per heavy atom. The van der Waals surface area contributed by atoms with E-state index in [1.807, 2.05) is 47.4 Å². The van der Waals surface area contributed by atoms with Gasteiger partial charge in [-0.15, -0.1) is 0 Å². The van der Waals surface area contributed by atoms with Crippen molar-refractivity contribution in [2.75, 3.05) is 36.0 Å². The highest BCUT2D eigenvalue weighted by molar-refractivity contribution is 6.02. The number of carbonyl (C=O) groups is 4. The standard InChI is InChI=1S/C30H33N5O5/c36-24-19-34(22-9-3-4-10-23(22)35-17-15-31-29(35)39)16-12-21(24)32-28(38)30(13-6-1-7-14-30)33-27(37)26-18-20-8-2-5-11-25(20)40-26/h2-5,8-11,18,21H,1,6-7,12-17,19H2,(H,31,39)(H,32,38)(H,33,37). The van der Waals surface area contributed by atoms with Crippen molar-refractivity contribution in [2.45, 2.75) is 50.1 Å². The molecule has 3 aliphatic rings. The number of piperidine rings is 1. The predicted octanol–water partition coefficient (Wildman–Crippen LogP) is 3.36. The minimum absolute atomic E-state index is 0.102. The fourth-order valence-electron chi connectivity index (χ4n) is 6.08. The maximum atomic E-state index is 13.7. The van der Waals surface area contributed by atoms with Gasteiger partial charge in [0.25, 0.3) is 5.91 Å². The van der Waals surface area contributed by atoms with Gasteiger partial charge in [-0.25, -0.2) is 4.79 Å². The van der Waals surface area contributed by atoms with E-state index in [2.05, 4.69) is 16.0 Å². The van der Waals surface area contributed by atoms with Crippen LogP contribution in [0.15, 0.2) is 59.0 Å². The molecule has 0 radical (unpaired) electrons. The smallest absolute Gasteiger partial charge is 0.322 e. The van der Waals surface area contributed by atoms with Gasteiger partial charge in [0.2, 0.25) is 5.91 Å². The van der Waals surface area contributed by atoms with Crippen LogP contribution in [0.25, 0.3) is 11.0 Å². The molecule has 3 aromatic rings. The summed E-state index contributed by atoms with van der Waals surface area (Å²) in [5.74, 6) is -0.696. The van der Waals surface area contributed by atoms with E-state index < -0.39 is 17.5 Å². The number of rotatable bonds is 6. The third-order valence-electron chi connectivity index (χ3n) is 8.24. The van der Waals surface area contributed by atoms with Gasteiger partial charge in [0.15, 0.2) is 11.5 Å². The number of ketones is 1. The summed E-state index contributed by atoms with van der Waals surface area (Å²) >= 11 is 0. The molecule has 1 aromatic heterocycles. The van der Waals surface area contributed by atoms with Gasteiger partial charge in [0.05, 0.1) is 24.0 Å². The molecule has 1 unspecified atom stereocenters. The van der Waals surface area contributed by atoms with Crippen molar-refractivity contribution in [2.24, 2.45) is 0 Å². The van der Waals surface area contributed by atoms with Gasteiger partial charge in [-0.1, -0.05) is 49.6 Å². The first kappa shape index (κ1) is 25.9.